The molecule has 2 aliphatic carbocycles. The second kappa shape index (κ2) is 10.7. The molecular formula is C24H31ClF3N3O. The summed E-state index contributed by atoms with van der Waals surface area (Å²) in [6.07, 6.45) is 6.19. The highest BCUT2D eigenvalue weighted by Crippen LogP contribution is 2.38. The van der Waals surface area contributed by atoms with Crippen LogP contribution in [0.4, 0.5) is 19.1 Å². The van der Waals surface area contributed by atoms with E-state index in [1.165, 1.54) is 20.0 Å². The number of halogens is 4. The lowest BCUT2D eigenvalue weighted by molar-refractivity contribution is -0.141. The smallest absolute Gasteiger partial charge is 0.433 e. The third kappa shape index (κ3) is 5.48. The number of rotatable bonds is 5. The first-order valence-electron chi connectivity index (χ1n) is 11.4. The molecule has 0 atom stereocenters. The molecule has 2 saturated carbocycles. The van der Waals surface area contributed by atoms with Crippen molar-refractivity contribution in [1.29, 1.82) is 0 Å². The van der Waals surface area contributed by atoms with Gasteiger partial charge >= 0.3 is 6.18 Å². The Morgan fingerprint density at radius 1 is 0.875 bits per heavy atom. The Morgan fingerprint density at radius 2 is 1.44 bits per heavy atom. The van der Waals surface area contributed by atoms with Gasteiger partial charge in [-0.3, -0.25) is 0 Å². The number of hydrogen-bond acceptors (Lipinski definition) is 4. The predicted molar refractivity (Wildman–Crippen MR) is 122 cm³/mol. The van der Waals surface area contributed by atoms with Gasteiger partial charge in [0.1, 0.15) is 5.75 Å². The van der Waals surface area contributed by atoms with E-state index in [1.807, 2.05) is 0 Å². The van der Waals surface area contributed by atoms with Crippen molar-refractivity contribution in [3.05, 3.63) is 36.0 Å². The molecule has 2 fully saturated rings. The Labute approximate surface area is 194 Å². The number of hydrogen-bond donors (Lipinski definition) is 0. The summed E-state index contributed by atoms with van der Waals surface area (Å²) in [5, 5.41) is 0. The van der Waals surface area contributed by atoms with Crippen molar-refractivity contribution in [2.75, 3.05) is 12.0 Å². The van der Waals surface area contributed by atoms with Crippen LogP contribution in [0.5, 0.6) is 5.75 Å². The van der Waals surface area contributed by atoms with Gasteiger partial charge in [0.15, 0.2) is 5.69 Å². The van der Waals surface area contributed by atoms with E-state index >= 15 is 0 Å². The number of alkyl halides is 3. The molecule has 176 valence electrons. The van der Waals surface area contributed by atoms with Crippen LogP contribution < -0.4 is 9.64 Å². The van der Waals surface area contributed by atoms with Crippen molar-refractivity contribution in [2.24, 2.45) is 0 Å². The van der Waals surface area contributed by atoms with Crippen molar-refractivity contribution in [3.8, 4) is 17.0 Å². The molecule has 0 unspecified atom stereocenters. The Morgan fingerprint density at radius 3 is 1.97 bits per heavy atom. The van der Waals surface area contributed by atoms with Crippen molar-refractivity contribution in [3.63, 3.8) is 0 Å². The van der Waals surface area contributed by atoms with Gasteiger partial charge < -0.3 is 9.64 Å². The fraction of sp³-hybridized carbons (Fsp3) is 0.583. The molecule has 4 rings (SSSR count). The molecule has 2 aliphatic rings. The monoisotopic (exact) mass is 469 g/mol. The van der Waals surface area contributed by atoms with Crippen LogP contribution in [0.25, 0.3) is 11.3 Å². The van der Waals surface area contributed by atoms with Gasteiger partial charge in [-0.15, -0.1) is 12.4 Å². The van der Waals surface area contributed by atoms with E-state index in [9.17, 15) is 13.2 Å². The van der Waals surface area contributed by atoms with Gasteiger partial charge in [-0.05, 0) is 43.9 Å². The SMILES string of the molecule is COc1ccccc1-c1cc(C(F)(F)F)nc(N(C2CCCCC2)C2CCCCC2)n1.Cl. The number of ether oxygens (including phenoxy) is 1. The normalized spacial score (nSPS) is 18.1. The number of para-hydroxylation sites is 1. The van der Waals surface area contributed by atoms with E-state index in [0.717, 1.165) is 57.4 Å². The highest BCUT2D eigenvalue weighted by Gasteiger charge is 2.37. The van der Waals surface area contributed by atoms with Gasteiger partial charge in [0.05, 0.1) is 12.8 Å². The lowest BCUT2D eigenvalue weighted by Gasteiger charge is -2.42. The number of nitrogens with zero attached hydrogens (tertiary/aromatic N) is 3. The first-order chi connectivity index (χ1) is 15.0. The maximum Gasteiger partial charge on any atom is 0.433 e. The van der Waals surface area contributed by atoms with Gasteiger partial charge in [-0.1, -0.05) is 50.7 Å². The summed E-state index contributed by atoms with van der Waals surface area (Å²) < 4.78 is 47.0. The molecule has 0 radical (unpaired) electrons. The average molecular weight is 470 g/mol. The maximum absolute atomic E-state index is 13.9. The van der Waals surface area contributed by atoms with E-state index in [-0.39, 0.29) is 36.1 Å². The predicted octanol–water partition coefficient (Wildman–Crippen LogP) is 7.06. The Bertz CT molecular complexity index is 863. The van der Waals surface area contributed by atoms with Gasteiger partial charge in [0.25, 0.3) is 0 Å². The Hall–Kier alpha value is -2.02. The minimum Gasteiger partial charge on any atom is -0.496 e. The third-order valence-corrected chi connectivity index (χ3v) is 6.55. The van der Waals surface area contributed by atoms with Crippen LogP contribution in [0.1, 0.15) is 69.9 Å². The summed E-state index contributed by atoms with van der Waals surface area (Å²) in [6.45, 7) is 0. The molecule has 0 saturated heterocycles. The molecule has 0 amide bonds. The number of benzene rings is 1. The highest BCUT2D eigenvalue weighted by atomic mass is 35.5. The topological polar surface area (TPSA) is 38.2 Å². The lowest BCUT2D eigenvalue weighted by atomic mass is 9.89. The molecule has 0 N–H and O–H groups in total. The summed E-state index contributed by atoms with van der Waals surface area (Å²) in [7, 11) is 1.52. The van der Waals surface area contributed by atoms with E-state index in [0.29, 0.717) is 11.3 Å². The molecule has 1 heterocycles. The van der Waals surface area contributed by atoms with E-state index < -0.39 is 11.9 Å². The van der Waals surface area contributed by atoms with Crippen LogP contribution in [0, 0.1) is 0 Å². The number of methoxy groups -OCH3 is 1. The molecule has 8 heteroatoms. The second-order valence-corrected chi connectivity index (χ2v) is 8.63. The zero-order valence-corrected chi connectivity index (χ0v) is 19.2. The molecule has 0 bridgehead atoms. The van der Waals surface area contributed by atoms with Crippen LogP contribution in [-0.4, -0.2) is 29.2 Å². The van der Waals surface area contributed by atoms with Gasteiger partial charge in [-0.2, -0.15) is 13.2 Å². The van der Waals surface area contributed by atoms with Crippen molar-refractivity contribution in [1.82, 2.24) is 9.97 Å². The summed E-state index contributed by atoms with van der Waals surface area (Å²) >= 11 is 0. The van der Waals surface area contributed by atoms with E-state index in [1.54, 1.807) is 24.3 Å². The minimum absolute atomic E-state index is 0. The van der Waals surface area contributed by atoms with E-state index in [2.05, 4.69) is 9.88 Å². The average Bonchev–Trinajstić information content (AvgIpc) is 2.80. The number of aromatic nitrogens is 2. The molecule has 1 aromatic carbocycles. The van der Waals surface area contributed by atoms with Crippen molar-refractivity contribution < 1.29 is 17.9 Å². The van der Waals surface area contributed by atoms with Gasteiger partial charge in [0.2, 0.25) is 5.95 Å². The molecule has 4 nitrogen and oxygen atoms in total. The third-order valence-electron chi connectivity index (χ3n) is 6.55. The van der Waals surface area contributed by atoms with Crippen LogP contribution in [-0.2, 0) is 6.18 Å². The fourth-order valence-corrected chi connectivity index (χ4v) is 5.03. The van der Waals surface area contributed by atoms with Crippen LogP contribution in [0.2, 0.25) is 0 Å². The van der Waals surface area contributed by atoms with Crippen molar-refractivity contribution >= 4 is 18.4 Å². The zero-order valence-electron chi connectivity index (χ0n) is 18.4. The van der Waals surface area contributed by atoms with E-state index in [4.69, 9.17) is 9.72 Å². The second-order valence-electron chi connectivity index (χ2n) is 8.63. The standard InChI is InChI=1S/C24H30F3N3O.ClH/c1-31-21-15-9-8-14-19(21)20-16-22(24(25,26)27)29-23(28-20)30(17-10-4-2-5-11-17)18-12-6-3-7-13-18;/h8-9,14-18H,2-7,10-13H2,1H3;1H. The first kappa shape index (κ1) is 24.6. The van der Waals surface area contributed by atoms with Crippen molar-refractivity contribution in [2.45, 2.75) is 82.5 Å². The Balaban J connectivity index is 0.00000289. The summed E-state index contributed by atoms with van der Waals surface area (Å²) in [5.74, 6) is 0.719. The molecule has 1 aromatic heterocycles. The molecule has 2 aromatic rings. The quantitative estimate of drug-likeness (QED) is 0.469. The maximum atomic E-state index is 13.9. The summed E-state index contributed by atoms with van der Waals surface area (Å²) in [6, 6.07) is 8.51. The minimum atomic E-state index is -4.54. The fourth-order valence-electron chi connectivity index (χ4n) is 5.03. The van der Waals surface area contributed by atoms with Gasteiger partial charge in [-0.25, -0.2) is 9.97 Å². The van der Waals surface area contributed by atoms with Crippen LogP contribution in [0.15, 0.2) is 30.3 Å². The van der Waals surface area contributed by atoms with Gasteiger partial charge in [0, 0.05) is 17.6 Å². The molecule has 0 spiro atoms. The molecular weight excluding hydrogens is 439 g/mol. The lowest BCUT2D eigenvalue weighted by Crippen LogP contribution is -2.46. The Kier molecular flexibility index (Phi) is 8.26. The van der Waals surface area contributed by atoms with Crippen LogP contribution in [0.3, 0.4) is 0 Å². The zero-order chi connectivity index (χ0) is 21.8. The molecule has 0 aliphatic heterocycles. The summed E-state index contributed by atoms with van der Waals surface area (Å²) in [5.41, 5.74) is -0.0900. The highest BCUT2D eigenvalue weighted by molar-refractivity contribution is 5.85. The van der Waals surface area contributed by atoms with Crippen LogP contribution >= 0.6 is 12.4 Å². The first-order valence-corrected chi connectivity index (χ1v) is 11.4. The summed E-state index contributed by atoms with van der Waals surface area (Å²) in [4.78, 5) is 10.9. The molecule has 32 heavy (non-hydrogen) atoms. The largest absolute Gasteiger partial charge is 0.496 e. The number of anilines is 1.